The molecule has 0 spiro atoms. The quantitative estimate of drug-likeness (QED) is 0.732. The summed E-state index contributed by atoms with van der Waals surface area (Å²) < 4.78 is 0. The average molecular weight is 223 g/mol. The first-order chi connectivity index (χ1) is 7.17. The third-order valence-corrected chi connectivity index (χ3v) is 2.24. The minimum Gasteiger partial charge on any atom is -0.340 e. The minimum absolute atomic E-state index is 0.0194. The Morgan fingerprint density at radius 3 is 2.93 bits per heavy atom. The number of carbonyl (C=O) groups excluding carboxylic acids is 1. The third-order valence-electron chi connectivity index (χ3n) is 2.02. The summed E-state index contributed by atoms with van der Waals surface area (Å²) in [5.74, 6) is -0.145. The van der Waals surface area contributed by atoms with E-state index in [1.54, 1.807) is 25.2 Å². The van der Waals surface area contributed by atoms with E-state index in [9.17, 15) is 4.79 Å². The van der Waals surface area contributed by atoms with Crippen molar-refractivity contribution < 1.29 is 4.79 Å². The smallest absolute Gasteiger partial charge is 0.237 e. The van der Waals surface area contributed by atoms with Crippen molar-refractivity contribution in [3.05, 3.63) is 35.4 Å². The average Bonchev–Trinajstić information content (AvgIpc) is 2.28. The van der Waals surface area contributed by atoms with Gasteiger partial charge in [0.2, 0.25) is 5.91 Å². The maximum atomic E-state index is 11.2. The maximum absolute atomic E-state index is 11.2. The number of benzene rings is 1. The number of hydrogen-bond acceptors (Lipinski definition) is 2. The predicted molar refractivity (Wildman–Crippen MR) is 58.4 cm³/mol. The molecule has 0 radical (unpaired) electrons. The van der Waals surface area contributed by atoms with Gasteiger partial charge in [0.25, 0.3) is 0 Å². The highest BCUT2D eigenvalue weighted by Gasteiger charge is 2.07. The van der Waals surface area contributed by atoms with Gasteiger partial charge in [-0.2, -0.15) is 5.26 Å². The van der Waals surface area contributed by atoms with Gasteiger partial charge in [0, 0.05) is 13.6 Å². The lowest BCUT2D eigenvalue weighted by atomic mass is 10.1. The van der Waals surface area contributed by atoms with Crippen LogP contribution in [-0.4, -0.2) is 23.7 Å². The minimum atomic E-state index is -0.126. The lowest BCUT2D eigenvalue weighted by Crippen LogP contribution is -2.27. The Kier molecular flexibility index (Phi) is 4.14. The maximum Gasteiger partial charge on any atom is 0.237 e. The van der Waals surface area contributed by atoms with Crippen molar-refractivity contribution in [1.29, 1.82) is 5.26 Å². The second-order valence-electron chi connectivity index (χ2n) is 3.20. The molecule has 0 saturated heterocycles. The second-order valence-corrected chi connectivity index (χ2v) is 3.46. The Morgan fingerprint density at radius 2 is 2.33 bits per heavy atom. The van der Waals surface area contributed by atoms with Crippen LogP contribution in [0.2, 0.25) is 0 Å². The van der Waals surface area contributed by atoms with Crippen molar-refractivity contribution in [1.82, 2.24) is 4.90 Å². The number of alkyl halides is 1. The molecule has 3 nitrogen and oxygen atoms in total. The van der Waals surface area contributed by atoms with Gasteiger partial charge in [-0.1, -0.05) is 12.1 Å². The molecular formula is C11H11ClN2O. The first-order valence-electron chi connectivity index (χ1n) is 4.46. The lowest BCUT2D eigenvalue weighted by Gasteiger charge is -2.15. The van der Waals surface area contributed by atoms with Crippen LogP contribution in [-0.2, 0) is 11.3 Å². The van der Waals surface area contributed by atoms with E-state index in [4.69, 9.17) is 16.9 Å². The van der Waals surface area contributed by atoms with Crippen LogP contribution in [0, 0.1) is 11.3 Å². The Balaban J connectivity index is 2.73. The molecule has 0 aromatic heterocycles. The van der Waals surface area contributed by atoms with Gasteiger partial charge in [0.1, 0.15) is 5.88 Å². The molecule has 4 heteroatoms. The van der Waals surface area contributed by atoms with Crippen LogP contribution in [0.1, 0.15) is 11.1 Å². The van der Waals surface area contributed by atoms with Crippen molar-refractivity contribution in [2.24, 2.45) is 0 Å². The number of nitriles is 1. The van der Waals surface area contributed by atoms with Crippen LogP contribution in [0.25, 0.3) is 0 Å². The van der Waals surface area contributed by atoms with Crippen LogP contribution in [0.3, 0.4) is 0 Å². The van der Waals surface area contributed by atoms with Gasteiger partial charge in [-0.05, 0) is 17.7 Å². The Labute approximate surface area is 93.9 Å². The van der Waals surface area contributed by atoms with Crippen LogP contribution < -0.4 is 0 Å². The highest BCUT2D eigenvalue weighted by Crippen LogP contribution is 2.07. The van der Waals surface area contributed by atoms with Crippen LogP contribution >= 0.6 is 11.6 Å². The molecule has 0 atom stereocenters. The summed E-state index contributed by atoms with van der Waals surface area (Å²) in [4.78, 5) is 12.7. The zero-order valence-electron chi connectivity index (χ0n) is 8.40. The fourth-order valence-electron chi connectivity index (χ4n) is 1.20. The van der Waals surface area contributed by atoms with Crippen molar-refractivity contribution in [2.75, 3.05) is 12.9 Å². The number of nitrogens with zero attached hydrogens (tertiary/aromatic N) is 2. The van der Waals surface area contributed by atoms with E-state index in [1.807, 2.05) is 6.07 Å². The van der Waals surface area contributed by atoms with Gasteiger partial charge >= 0.3 is 0 Å². The molecule has 0 aliphatic heterocycles. The second kappa shape index (κ2) is 5.38. The molecule has 1 amide bonds. The summed E-state index contributed by atoms with van der Waals surface area (Å²) in [6, 6.07) is 9.22. The van der Waals surface area contributed by atoms with E-state index >= 15 is 0 Å². The number of amides is 1. The van der Waals surface area contributed by atoms with E-state index in [0.29, 0.717) is 12.1 Å². The molecule has 15 heavy (non-hydrogen) atoms. The molecule has 0 aliphatic carbocycles. The highest BCUT2D eigenvalue weighted by molar-refractivity contribution is 6.27. The fraction of sp³-hybridized carbons (Fsp3) is 0.273. The molecule has 0 saturated carbocycles. The number of rotatable bonds is 3. The van der Waals surface area contributed by atoms with E-state index in [-0.39, 0.29) is 11.8 Å². The summed E-state index contributed by atoms with van der Waals surface area (Å²) in [5.41, 5.74) is 1.52. The zero-order chi connectivity index (χ0) is 11.3. The van der Waals surface area contributed by atoms with Gasteiger partial charge in [-0.15, -0.1) is 11.6 Å². The first kappa shape index (κ1) is 11.5. The summed E-state index contributed by atoms with van der Waals surface area (Å²) >= 11 is 5.43. The van der Waals surface area contributed by atoms with Crippen molar-refractivity contribution in [3.8, 4) is 6.07 Å². The van der Waals surface area contributed by atoms with Crippen LogP contribution in [0.4, 0.5) is 0 Å². The van der Waals surface area contributed by atoms with Crippen molar-refractivity contribution >= 4 is 17.5 Å². The molecule has 0 unspecified atom stereocenters. The van der Waals surface area contributed by atoms with Gasteiger partial charge in [-0.25, -0.2) is 0 Å². The molecule has 0 heterocycles. The largest absolute Gasteiger partial charge is 0.340 e. The summed E-state index contributed by atoms with van der Waals surface area (Å²) in [7, 11) is 1.68. The predicted octanol–water partition coefficient (Wildman–Crippen LogP) is 1.76. The number of hydrogen-bond donors (Lipinski definition) is 0. The van der Waals surface area contributed by atoms with E-state index < -0.39 is 0 Å². The molecule has 0 aliphatic rings. The zero-order valence-corrected chi connectivity index (χ0v) is 9.16. The lowest BCUT2D eigenvalue weighted by molar-refractivity contribution is -0.127. The molecular weight excluding hydrogens is 212 g/mol. The molecule has 1 aromatic rings. The summed E-state index contributed by atoms with van der Waals surface area (Å²) in [5, 5.41) is 8.70. The molecule has 0 N–H and O–H groups in total. The fourth-order valence-corrected chi connectivity index (χ4v) is 1.41. The van der Waals surface area contributed by atoms with E-state index in [2.05, 4.69) is 6.07 Å². The Hall–Kier alpha value is -1.53. The standard InChI is InChI=1S/C11H11ClN2O/c1-14(11(15)6-12)8-10-4-2-3-9(5-10)7-13/h2-5H,6,8H2,1H3. The molecule has 0 fully saturated rings. The Morgan fingerprint density at radius 1 is 1.60 bits per heavy atom. The van der Waals surface area contributed by atoms with Crippen molar-refractivity contribution in [2.45, 2.75) is 6.54 Å². The van der Waals surface area contributed by atoms with E-state index in [1.165, 1.54) is 4.90 Å². The van der Waals surface area contributed by atoms with Crippen LogP contribution in [0.5, 0.6) is 0 Å². The number of halogens is 1. The molecule has 78 valence electrons. The van der Waals surface area contributed by atoms with Gasteiger partial charge in [-0.3, -0.25) is 4.79 Å². The van der Waals surface area contributed by atoms with Gasteiger partial charge in [0.15, 0.2) is 0 Å². The monoisotopic (exact) mass is 222 g/mol. The normalized spacial score (nSPS) is 9.40. The van der Waals surface area contributed by atoms with Gasteiger partial charge < -0.3 is 4.90 Å². The summed E-state index contributed by atoms with van der Waals surface area (Å²) in [6.07, 6.45) is 0. The van der Waals surface area contributed by atoms with Crippen LogP contribution in [0.15, 0.2) is 24.3 Å². The molecule has 0 bridgehead atoms. The SMILES string of the molecule is CN(Cc1cccc(C#N)c1)C(=O)CCl. The highest BCUT2D eigenvalue weighted by atomic mass is 35.5. The molecule has 1 aromatic carbocycles. The van der Waals surface area contributed by atoms with Gasteiger partial charge in [0.05, 0.1) is 11.6 Å². The van der Waals surface area contributed by atoms with Crippen molar-refractivity contribution in [3.63, 3.8) is 0 Å². The topological polar surface area (TPSA) is 44.1 Å². The first-order valence-corrected chi connectivity index (χ1v) is 5.00. The number of carbonyl (C=O) groups is 1. The summed E-state index contributed by atoms with van der Waals surface area (Å²) in [6.45, 7) is 0.473. The third kappa shape index (κ3) is 3.26. The van der Waals surface area contributed by atoms with E-state index in [0.717, 1.165) is 5.56 Å². The molecule has 1 rings (SSSR count). The Bertz CT molecular complexity index is 398.